The molecule has 1 atom stereocenters. The highest BCUT2D eigenvalue weighted by Crippen LogP contribution is 2.19. The van der Waals surface area contributed by atoms with E-state index in [1.165, 1.54) is 10.5 Å². The van der Waals surface area contributed by atoms with Gasteiger partial charge in [-0.05, 0) is 73.9 Å². The molecule has 3 aromatic rings. The first-order valence-electron chi connectivity index (χ1n) is 15.3. The van der Waals surface area contributed by atoms with Crippen molar-refractivity contribution in [2.45, 2.75) is 46.3 Å². The maximum atomic E-state index is 12.8. The van der Waals surface area contributed by atoms with Gasteiger partial charge in [0, 0.05) is 67.3 Å². The van der Waals surface area contributed by atoms with Crippen LogP contribution in [0, 0.1) is 17.8 Å². The zero-order valence-electron chi connectivity index (χ0n) is 26.9. The first kappa shape index (κ1) is 35.1. The van der Waals surface area contributed by atoms with Gasteiger partial charge < -0.3 is 20.6 Å². The summed E-state index contributed by atoms with van der Waals surface area (Å²) in [6.45, 7) is 8.74. The van der Waals surface area contributed by atoms with E-state index in [-0.39, 0.29) is 43.2 Å². The molecule has 1 aromatic heterocycles. The number of hydrogen-bond donors (Lipinski definition) is 4. The van der Waals surface area contributed by atoms with E-state index in [9.17, 15) is 27.9 Å². The van der Waals surface area contributed by atoms with Gasteiger partial charge in [0.1, 0.15) is 11.7 Å². The standard InChI is InChI=1S/C34H40N6O6S/c1-23(2)31(34(43)44)38-47(45,46)40-19-17-39(18-20-40)29-13-9-25(10-14-29)5-6-26-15-16-35-30(21-26)33(42)36-22-27-7-11-28(12-8-27)32(41)37-24(3)4/h7-16,21,23-24,31,38H,17-20,22H2,1-4H3,(H,36,42)(H,37,41)(H,43,44)/t31-/m1/s1. The van der Waals surface area contributed by atoms with Gasteiger partial charge in [-0.1, -0.05) is 37.8 Å². The summed E-state index contributed by atoms with van der Waals surface area (Å²) >= 11 is 0. The van der Waals surface area contributed by atoms with E-state index in [1.54, 1.807) is 50.2 Å². The van der Waals surface area contributed by atoms with E-state index >= 15 is 0 Å². The topological polar surface area (TPSA) is 161 Å². The molecule has 12 nitrogen and oxygen atoms in total. The number of anilines is 1. The Bertz CT molecular complexity index is 1740. The summed E-state index contributed by atoms with van der Waals surface area (Å²) < 4.78 is 29.1. The Labute approximate surface area is 275 Å². The van der Waals surface area contributed by atoms with Gasteiger partial charge in [-0.2, -0.15) is 17.4 Å². The Balaban J connectivity index is 1.30. The van der Waals surface area contributed by atoms with Crippen LogP contribution in [0.15, 0.2) is 66.9 Å². The third-order valence-corrected chi connectivity index (χ3v) is 9.05. The van der Waals surface area contributed by atoms with Crippen LogP contribution in [0.2, 0.25) is 0 Å². The molecule has 1 aliphatic heterocycles. The number of amides is 2. The normalized spacial score (nSPS) is 14.3. The summed E-state index contributed by atoms with van der Waals surface area (Å²) in [6.07, 6.45) is 1.53. The number of rotatable bonds is 11. The molecule has 0 bridgehead atoms. The average Bonchev–Trinajstić information content (AvgIpc) is 3.05. The van der Waals surface area contributed by atoms with Crippen molar-refractivity contribution in [2.75, 3.05) is 31.1 Å². The van der Waals surface area contributed by atoms with Gasteiger partial charge in [-0.3, -0.25) is 19.4 Å². The van der Waals surface area contributed by atoms with Crippen molar-refractivity contribution in [3.05, 3.63) is 94.8 Å². The molecule has 0 aliphatic carbocycles. The van der Waals surface area contributed by atoms with Crippen molar-refractivity contribution < 1.29 is 27.9 Å². The van der Waals surface area contributed by atoms with Crippen LogP contribution >= 0.6 is 0 Å². The third-order valence-electron chi connectivity index (χ3n) is 7.45. The fourth-order valence-corrected chi connectivity index (χ4v) is 6.31. The van der Waals surface area contributed by atoms with Crippen molar-refractivity contribution in [3.8, 4) is 11.8 Å². The van der Waals surface area contributed by atoms with Gasteiger partial charge in [0.2, 0.25) is 0 Å². The van der Waals surface area contributed by atoms with E-state index in [0.29, 0.717) is 24.2 Å². The van der Waals surface area contributed by atoms with Gasteiger partial charge in [0.25, 0.3) is 22.0 Å². The molecule has 2 heterocycles. The lowest BCUT2D eigenvalue weighted by Crippen LogP contribution is -2.55. The number of aromatic nitrogens is 1. The first-order valence-corrected chi connectivity index (χ1v) is 16.8. The minimum absolute atomic E-state index is 0.0426. The number of carboxylic acid groups (broad SMARTS) is 1. The molecule has 47 heavy (non-hydrogen) atoms. The number of nitrogens with zero attached hydrogens (tertiary/aromatic N) is 3. The minimum Gasteiger partial charge on any atom is -0.480 e. The maximum absolute atomic E-state index is 12.8. The van der Waals surface area contributed by atoms with Gasteiger partial charge in [-0.15, -0.1) is 0 Å². The maximum Gasteiger partial charge on any atom is 0.322 e. The smallest absolute Gasteiger partial charge is 0.322 e. The summed E-state index contributed by atoms with van der Waals surface area (Å²) in [7, 11) is -3.93. The Hall–Kier alpha value is -4.77. The average molecular weight is 661 g/mol. The quantitative estimate of drug-likeness (QED) is 0.228. The monoisotopic (exact) mass is 660 g/mol. The number of piperazine rings is 1. The van der Waals surface area contributed by atoms with E-state index in [4.69, 9.17) is 0 Å². The van der Waals surface area contributed by atoms with Crippen molar-refractivity contribution in [2.24, 2.45) is 5.92 Å². The summed E-state index contributed by atoms with van der Waals surface area (Å²) in [6, 6.07) is 16.8. The highest BCUT2D eigenvalue weighted by molar-refractivity contribution is 7.87. The fraction of sp³-hybridized carbons (Fsp3) is 0.353. The lowest BCUT2D eigenvalue weighted by Gasteiger charge is -2.36. The van der Waals surface area contributed by atoms with Crippen LogP contribution in [-0.2, 0) is 21.5 Å². The van der Waals surface area contributed by atoms with Crippen LogP contribution in [0.5, 0.6) is 0 Å². The second kappa shape index (κ2) is 15.7. The lowest BCUT2D eigenvalue weighted by atomic mass is 10.1. The zero-order valence-corrected chi connectivity index (χ0v) is 27.7. The highest BCUT2D eigenvalue weighted by Gasteiger charge is 2.33. The molecule has 2 aromatic carbocycles. The Morgan fingerprint density at radius 3 is 2.11 bits per heavy atom. The van der Waals surface area contributed by atoms with Gasteiger partial charge in [0.15, 0.2) is 0 Å². The third kappa shape index (κ3) is 9.86. The molecular formula is C34H40N6O6S. The molecule has 0 saturated carbocycles. The second-order valence-corrected chi connectivity index (χ2v) is 13.5. The van der Waals surface area contributed by atoms with Crippen molar-refractivity contribution in [1.29, 1.82) is 0 Å². The molecule has 1 aliphatic rings. The van der Waals surface area contributed by atoms with Crippen LogP contribution in [0.4, 0.5) is 5.69 Å². The van der Waals surface area contributed by atoms with E-state index in [1.807, 2.05) is 38.1 Å². The highest BCUT2D eigenvalue weighted by atomic mass is 32.2. The molecule has 248 valence electrons. The first-order chi connectivity index (χ1) is 22.3. The van der Waals surface area contributed by atoms with Gasteiger partial charge in [-0.25, -0.2) is 0 Å². The number of pyridine rings is 1. The van der Waals surface area contributed by atoms with Crippen LogP contribution < -0.4 is 20.3 Å². The number of benzene rings is 2. The summed E-state index contributed by atoms with van der Waals surface area (Å²) in [4.78, 5) is 42.6. The summed E-state index contributed by atoms with van der Waals surface area (Å²) in [5, 5.41) is 15.0. The molecule has 1 saturated heterocycles. The number of aliphatic carboxylic acids is 1. The molecule has 0 spiro atoms. The molecule has 4 rings (SSSR count). The number of carboxylic acids is 1. The Kier molecular flexibility index (Phi) is 11.7. The number of carbonyl (C=O) groups excluding carboxylic acids is 2. The van der Waals surface area contributed by atoms with E-state index < -0.39 is 28.1 Å². The minimum atomic E-state index is -3.93. The van der Waals surface area contributed by atoms with E-state index in [0.717, 1.165) is 16.8 Å². The summed E-state index contributed by atoms with van der Waals surface area (Å²) in [5.74, 6) is 4.09. The van der Waals surface area contributed by atoms with Gasteiger partial charge >= 0.3 is 5.97 Å². The molecule has 13 heteroatoms. The van der Waals surface area contributed by atoms with Crippen molar-refractivity contribution in [3.63, 3.8) is 0 Å². The van der Waals surface area contributed by atoms with Gasteiger partial charge in [0.05, 0.1) is 0 Å². The largest absolute Gasteiger partial charge is 0.480 e. The second-order valence-electron chi connectivity index (χ2n) is 11.8. The molecule has 2 amide bonds. The Morgan fingerprint density at radius 1 is 0.872 bits per heavy atom. The lowest BCUT2D eigenvalue weighted by molar-refractivity contribution is -0.140. The molecular weight excluding hydrogens is 620 g/mol. The number of carbonyl (C=O) groups is 3. The van der Waals surface area contributed by atoms with Crippen LogP contribution in [0.3, 0.4) is 0 Å². The van der Waals surface area contributed by atoms with Crippen LogP contribution in [0.25, 0.3) is 0 Å². The SMILES string of the molecule is CC(C)NC(=O)c1ccc(CNC(=O)c2cc(C#Cc3ccc(N4CCN(S(=O)(=O)N[C@@H](C(=O)O)C(C)C)CC4)cc3)ccn2)cc1. The predicted molar refractivity (Wildman–Crippen MR) is 179 cm³/mol. The number of nitrogens with one attached hydrogen (secondary N) is 3. The predicted octanol–water partition coefficient (Wildman–Crippen LogP) is 2.62. The Morgan fingerprint density at radius 2 is 1.51 bits per heavy atom. The fourth-order valence-electron chi connectivity index (χ4n) is 4.82. The molecule has 4 N–H and O–H groups in total. The molecule has 1 fully saturated rings. The van der Waals surface area contributed by atoms with Crippen LogP contribution in [0.1, 0.15) is 65.2 Å². The zero-order chi connectivity index (χ0) is 34.1. The molecule has 0 radical (unpaired) electrons. The molecule has 0 unspecified atom stereocenters. The summed E-state index contributed by atoms with van der Waals surface area (Å²) in [5.41, 5.74) is 3.94. The van der Waals surface area contributed by atoms with E-state index in [2.05, 4.69) is 37.1 Å². The van der Waals surface area contributed by atoms with Crippen molar-refractivity contribution >= 4 is 33.7 Å². The number of hydrogen-bond acceptors (Lipinski definition) is 7. The van der Waals surface area contributed by atoms with Crippen molar-refractivity contribution in [1.82, 2.24) is 24.6 Å². The van der Waals surface area contributed by atoms with Crippen LogP contribution in [-0.4, -0.2) is 78.9 Å².